The van der Waals surface area contributed by atoms with Crippen LogP contribution in [0.4, 0.5) is 4.39 Å². The van der Waals surface area contributed by atoms with E-state index in [4.69, 9.17) is 0 Å². The number of fused-ring (bicyclic) bond motifs is 2. The van der Waals surface area contributed by atoms with Crippen LogP contribution in [0.3, 0.4) is 0 Å². The molecule has 5 nitrogen and oxygen atoms in total. The van der Waals surface area contributed by atoms with Gasteiger partial charge in [0.2, 0.25) is 0 Å². The van der Waals surface area contributed by atoms with Gasteiger partial charge in [0.05, 0.1) is 12.2 Å². The molecule has 0 aliphatic heterocycles. The number of carbonyl (C=O) groups is 1. The van der Waals surface area contributed by atoms with Gasteiger partial charge in [0.25, 0.3) is 5.91 Å². The molecule has 0 aliphatic carbocycles. The van der Waals surface area contributed by atoms with E-state index in [9.17, 15) is 9.18 Å². The number of aromatic nitrogens is 3. The smallest absolute Gasteiger partial charge is 0.268 e. The highest BCUT2D eigenvalue weighted by Crippen LogP contribution is 2.27. The Balaban J connectivity index is 1.35. The number of aromatic amines is 1. The predicted octanol–water partition coefficient (Wildman–Crippen LogP) is 4.92. The molecule has 0 aliphatic rings. The van der Waals surface area contributed by atoms with Crippen LogP contribution >= 0.6 is 11.3 Å². The molecule has 0 unspecified atom stereocenters. The van der Waals surface area contributed by atoms with E-state index in [1.807, 2.05) is 47.9 Å². The van der Waals surface area contributed by atoms with E-state index in [-0.39, 0.29) is 11.7 Å². The molecule has 144 valence electrons. The number of hydrogen-bond donors (Lipinski definition) is 2. The molecular weight excluding hydrogens is 387 g/mol. The monoisotopic (exact) mass is 404 g/mol. The van der Waals surface area contributed by atoms with Gasteiger partial charge in [-0.25, -0.2) is 9.37 Å². The number of halogens is 1. The van der Waals surface area contributed by atoms with E-state index in [1.165, 1.54) is 23.5 Å². The fourth-order valence-corrected chi connectivity index (χ4v) is 4.41. The summed E-state index contributed by atoms with van der Waals surface area (Å²) in [5, 5.41) is 3.99. The quantitative estimate of drug-likeness (QED) is 0.447. The van der Waals surface area contributed by atoms with Gasteiger partial charge in [-0.3, -0.25) is 9.20 Å². The molecule has 2 aromatic carbocycles. The van der Waals surface area contributed by atoms with E-state index in [1.54, 1.807) is 12.1 Å². The third-order valence-corrected chi connectivity index (χ3v) is 6.13. The van der Waals surface area contributed by atoms with Crippen molar-refractivity contribution in [1.29, 1.82) is 0 Å². The molecule has 1 amide bonds. The number of nitrogens with zero attached hydrogens (tertiary/aromatic N) is 2. The van der Waals surface area contributed by atoms with Crippen LogP contribution < -0.4 is 5.32 Å². The number of benzene rings is 2. The molecule has 0 saturated heterocycles. The molecular formula is C22H17FN4OS. The third kappa shape index (κ3) is 3.19. The van der Waals surface area contributed by atoms with Crippen molar-refractivity contribution >= 4 is 33.1 Å². The second-order valence-corrected chi connectivity index (χ2v) is 7.91. The lowest BCUT2D eigenvalue weighted by Gasteiger charge is -2.03. The molecule has 0 spiro atoms. The fraction of sp³-hybridized carbons (Fsp3) is 0.0909. The molecule has 7 heteroatoms. The molecule has 29 heavy (non-hydrogen) atoms. The minimum Gasteiger partial charge on any atom is -0.351 e. The Morgan fingerprint density at radius 3 is 2.76 bits per heavy atom. The first kappa shape index (κ1) is 17.6. The Hall–Kier alpha value is -3.45. The summed E-state index contributed by atoms with van der Waals surface area (Å²) in [5.74, 6) is -0.405. The summed E-state index contributed by atoms with van der Waals surface area (Å²) in [5.41, 5.74) is 4.19. The van der Waals surface area contributed by atoms with Gasteiger partial charge in [0, 0.05) is 33.2 Å². The highest BCUT2D eigenvalue weighted by Gasteiger charge is 2.15. The number of amides is 1. The lowest BCUT2D eigenvalue weighted by Crippen LogP contribution is -2.23. The zero-order valence-corrected chi connectivity index (χ0v) is 16.4. The van der Waals surface area contributed by atoms with Gasteiger partial charge in [-0.2, -0.15) is 0 Å². The van der Waals surface area contributed by atoms with Crippen molar-refractivity contribution in [2.24, 2.45) is 0 Å². The summed E-state index contributed by atoms with van der Waals surface area (Å²) in [6, 6.07) is 16.0. The molecule has 0 radical (unpaired) electrons. The molecule has 5 rings (SSSR count). The SMILES string of the molecule is Cc1c(CNC(=O)c2cc3ccccc3[nH]2)sc2nc(-c3ccc(F)cc3)cn12. The standard InChI is InChI=1S/C22H17FN4OS/c1-13-20(11-24-21(28)18-10-15-4-2-3-5-17(15)25-18)29-22-26-19(12-27(13)22)14-6-8-16(23)9-7-14/h2-10,12,25H,11H2,1H3,(H,24,28). The fourth-order valence-electron chi connectivity index (χ4n) is 3.37. The second-order valence-electron chi connectivity index (χ2n) is 6.85. The average molecular weight is 404 g/mol. The van der Waals surface area contributed by atoms with Crippen molar-refractivity contribution < 1.29 is 9.18 Å². The van der Waals surface area contributed by atoms with Crippen molar-refractivity contribution in [3.63, 3.8) is 0 Å². The minimum atomic E-state index is -0.265. The second kappa shape index (κ2) is 6.86. The molecule has 3 heterocycles. The maximum Gasteiger partial charge on any atom is 0.268 e. The molecule has 0 fully saturated rings. The van der Waals surface area contributed by atoms with E-state index in [2.05, 4.69) is 15.3 Å². The highest BCUT2D eigenvalue weighted by molar-refractivity contribution is 7.17. The van der Waals surface area contributed by atoms with Crippen LogP contribution in [0.25, 0.3) is 27.1 Å². The van der Waals surface area contributed by atoms with Gasteiger partial charge in [-0.05, 0) is 43.3 Å². The maximum atomic E-state index is 13.1. The van der Waals surface area contributed by atoms with Crippen molar-refractivity contribution in [2.75, 3.05) is 0 Å². The van der Waals surface area contributed by atoms with Crippen molar-refractivity contribution in [3.05, 3.63) is 82.9 Å². The summed E-state index contributed by atoms with van der Waals surface area (Å²) in [4.78, 5) is 22.2. The Morgan fingerprint density at radius 2 is 2.00 bits per heavy atom. The van der Waals surface area contributed by atoms with Crippen LogP contribution in [-0.4, -0.2) is 20.3 Å². The number of para-hydroxylation sites is 1. The van der Waals surface area contributed by atoms with Gasteiger partial charge < -0.3 is 10.3 Å². The van der Waals surface area contributed by atoms with Crippen molar-refractivity contribution in [3.8, 4) is 11.3 Å². The summed E-state index contributed by atoms with van der Waals surface area (Å²) < 4.78 is 15.1. The number of aryl methyl sites for hydroxylation is 1. The van der Waals surface area contributed by atoms with E-state index in [0.717, 1.165) is 37.7 Å². The maximum absolute atomic E-state index is 13.1. The van der Waals surface area contributed by atoms with Gasteiger partial charge in [-0.1, -0.05) is 29.5 Å². The topological polar surface area (TPSA) is 62.2 Å². The Kier molecular flexibility index (Phi) is 4.17. The van der Waals surface area contributed by atoms with E-state index in [0.29, 0.717) is 12.2 Å². The number of rotatable bonds is 4. The molecule has 3 aromatic heterocycles. The van der Waals surface area contributed by atoms with Crippen LogP contribution in [0, 0.1) is 12.7 Å². The average Bonchev–Trinajstić information content (AvgIpc) is 3.41. The van der Waals surface area contributed by atoms with E-state index >= 15 is 0 Å². The zero-order chi connectivity index (χ0) is 20.0. The largest absolute Gasteiger partial charge is 0.351 e. The first-order valence-electron chi connectivity index (χ1n) is 9.18. The minimum absolute atomic E-state index is 0.140. The van der Waals surface area contributed by atoms with Crippen molar-refractivity contribution in [1.82, 2.24) is 19.7 Å². The Bertz CT molecular complexity index is 1310. The first-order chi connectivity index (χ1) is 14.1. The lowest BCUT2D eigenvalue weighted by molar-refractivity contribution is 0.0947. The van der Waals surface area contributed by atoms with E-state index < -0.39 is 0 Å². The molecule has 2 N–H and O–H groups in total. The summed E-state index contributed by atoms with van der Waals surface area (Å²) in [6.07, 6.45) is 1.94. The predicted molar refractivity (Wildman–Crippen MR) is 113 cm³/mol. The summed E-state index contributed by atoms with van der Waals surface area (Å²) in [6.45, 7) is 2.43. The molecule has 0 atom stereocenters. The number of hydrogen-bond acceptors (Lipinski definition) is 3. The number of imidazole rings is 1. The summed E-state index contributed by atoms with van der Waals surface area (Å²) >= 11 is 1.54. The number of H-pyrrole nitrogens is 1. The van der Waals surface area contributed by atoms with Gasteiger partial charge in [0.15, 0.2) is 4.96 Å². The van der Waals surface area contributed by atoms with Crippen LogP contribution in [0.5, 0.6) is 0 Å². The first-order valence-corrected chi connectivity index (χ1v) is 9.99. The number of thiazole rings is 1. The molecule has 5 aromatic rings. The lowest BCUT2D eigenvalue weighted by atomic mass is 10.2. The van der Waals surface area contributed by atoms with Crippen LogP contribution in [-0.2, 0) is 6.54 Å². The van der Waals surface area contributed by atoms with Gasteiger partial charge in [0.1, 0.15) is 11.5 Å². The summed E-state index contributed by atoms with van der Waals surface area (Å²) in [7, 11) is 0. The Morgan fingerprint density at radius 1 is 1.21 bits per heavy atom. The molecule has 0 saturated carbocycles. The molecule has 0 bridgehead atoms. The van der Waals surface area contributed by atoms with Crippen LogP contribution in [0.1, 0.15) is 21.1 Å². The highest BCUT2D eigenvalue weighted by atomic mass is 32.1. The number of nitrogens with one attached hydrogen (secondary N) is 2. The Labute approximate surface area is 169 Å². The van der Waals surface area contributed by atoms with Crippen LogP contribution in [0.15, 0.2) is 60.8 Å². The zero-order valence-electron chi connectivity index (χ0n) is 15.6. The van der Waals surface area contributed by atoms with Gasteiger partial charge >= 0.3 is 0 Å². The third-order valence-electron chi connectivity index (χ3n) is 4.98. The van der Waals surface area contributed by atoms with Gasteiger partial charge in [-0.15, -0.1) is 0 Å². The number of carbonyl (C=O) groups excluding carboxylic acids is 1. The van der Waals surface area contributed by atoms with Crippen LogP contribution in [0.2, 0.25) is 0 Å². The normalized spacial score (nSPS) is 11.4. The van der Waals surface area contributed by atoms with Crippen molar-refractivity contribution in [2.45, 2.75) is 13.5 Å².